The Morgan fingerprint density at radius 2 is 1.79 bits per heavy atom. The lowest BCUT2D eigenvalue weighted by Crippen LogP contribution is -2.30. The third kappa shape index (κ3) is 3.02. The monoisotopic (exact) mass is 326 g/mol. The highest BCUT2D eigenvalue weighted by atomic mass is 16.5. The number of ether oxygens (including phenoxy) is 2. The largest absolute Gasteiger partial charge is 0.493 e. The number of nitrogens with zero attached hydrogens (tertiary/aromatic N) is 1. The van der Waals surface area contributed by atoms with Gasteiger partial charge in [0.25, 0.3) is 5.91 Å². The van der Waals surface area contributed by atoms with Gasteiger partial charge in [-0.25, -0.2) is 0 Å². The quantitative estimate of drug-likeness (QED) is 0.938. The van der Waals surface area contributed by atoms with E-state index in [0.717, 1.165) is 36.7 Å². The second-order valence-corrected chi connectivity index (χ2v) is 5.78. The van der Waals surface area contributed by atoms with Crippen LogP contribution in [-0.4, -0.2) is 33.7 Å². The van der Waals surface area contributed by atoms with E-state index in [2.05, 4.69) is 16.3 Å². The Balaban J connectivity index is 1.88. The molecule has 2 aromatic rings. The van der Waals surface area contributed by atoms with Gasteiger partial charge in [-0.1, -0.05) is 6.07 Å². The minimum Gasteiger partial charge on any atom is -0.493 e. The van der Waals surface area contributed by atoms with Crippen molar-refractivity contribution < 1.29 is 14.3 Å². The van der Waals surface area contributed by atoms with E-state index in [-0.39, 0.29) is 5.91 Å². The fraction of sp³-hybridized carbons (Fsp3) is 0.316. The average Bonchev–Trinajstić information content (AvgIpc) is 2.65. The van der Waals surface area contributed by atoms with E-state index in [1.807, 2.05) is 30.3 Å². The minimum atomic E-state index is -0.0688. The van der Waals surface area contributed by atoms with Gasteiger partial charge >= 0.3 is 0 Å². The molecule has 0 atom stereocenters. The Labute approximate surface area is 142 Å². The molecule has 5 heteroatoms. The first kappa shape index (κ1) is 16.2. The Morgan fingerprint density at radius 3 is 2.46 bits per heavy atom. The predicted molar refractivity (Wildman–Crippen MR) is 94.1 cm³/mol. The van der Waals surface area contributed by atoms with E-state index in [1.54, 1.807) is 21.3 Å². The van der Waals surface area contributed by atoms with Gasteiger partial charge in [0.1, 0.15) is 0 Å². The van der Waals surface area contributed by atoms with Gasteiger partial charge in [-0.05, 0) is 47.9 Å². The molecular weight excluding hydrogens is 304 g/mol. The summed E-state index contributed by atoms with van der Waals surface area (Å²) < 4.78 is 10.8. The predicted octanol–water partition coefficient (Wildman–Crippen LogP) is 2.63. The molecule has 5 nitrogen and oxygen atoms in total. The van der Waals surface area contributed by atoms with E-state index in [0.29, 0.717) is 5.56 Å². The van der Waals surface area contributed by atoms with Crippen LogP contribution in [0.15, 0.2) is 36.4 Å². The third-order valence-corrected chi connectivity index (χ3v) is 4.42. The Morgan fingerprint density at radius 1 is 1.08 bits per heavy atom. The van der Waals surface area contributed by atoms with Crippen LogP contribution in [0.2, 0.25) is 0 Å². The number of hydrogen-bond acceptors (Lipinski definition) is 4. The molecule has 0 saturated carbocycles. The van der Waals surface area contributed by atoms with Crippen LogP contribution >= 0.6 is 0 Å². The van der Waals surface area contributed by atoms with Gasteiger partial charge in [0, 0.05) is 31.4 Å². The summed E-state index contributed by atoms with van der Waals surface area (Å²) in [6.45, 7) is 1.69. The first-order chi connectivity index (χ1) is 11.7. The smallest absolute Gasteiger partial charge is 0.251 e. The molecule has 1 amide bonds. The summed E-state index contributed by atoms with van der Waals surface area (Å²) in [5.74, 6) is 1.45. The van der Waals surface area contributed by atoms with Crippen molar-refractivity contribution in [3.8, 4) is 11.5 Å². The molecule has 1 aliphatic heterocycles. The highest BCUT2D eigenvalue weighted by molar-refractivity contribution is 5.94. The van der Waals surface area contributed by atoms with Gasteiger partial charge < -0.3 is 19.7 Å². The van der Waals surface area contributed by atoms with Crippen LogP contribution in [0.1, 0.15) is 21.5 Å². The number of amides is 1. The molecule has 0 aliphatic carbocycles. The second kappa shape index (κ2) is 6.83. The molecule has 24 heavy (non-hydrogen) atoms. The van der Waals surface area contributed by atoms with Gasteiger partial charge in [-0.15, -0.1) is 0 Å². The molecule has 2 aromatic carbocycles. The van der Waals surface area contributed by atoms with Crippen molar-refractivity contribution in [2.45, 2.75) is 13.0 Å². The topological polar surface area (TPSA) is 50.8 Å². The maximum atomic E-state index is 11.8. The summed E-state index contributed by atoms with van der Waals surface area (Å²) in [5, 5.41) is 2.67. The molecule has 1 N–H and O–H groups in total. The lowest BCUT2D eigenvalue weighted by molar-refractivity contribution is 0.0963. The molecule has 0 radical (unpaired) electrons. The Kier molecular flexibility index (Phi) is 4.60. The van der Waals surface area contributed by atoms with Crippen LogP contribution in [0.4, 0.5) is 5.69 Å². The SMILES string of the molecule is CNC(=O)c1cccc(N2CCc3cc(OC)c(OC)cc3C2)c1. The summed E-state index contributed by atoms with van der Waals surface area (Å²) in [6, 6.07) is 11.8. The zero-order chi connectivity index (χ0) is 17.1. The second-order valence-electron chi connectivity index (χ2n) is 5.78. The number of fused-ring (bicyclic) bond motifs is 1. The number of hydrogen-bond donors (Lipinski definition) is 1. The first-order valence-corrected chi connectivity index (χ1v) is 7.97. The molecule has 0 bridgehead atoms. The summed E-state index contributed by atoms with van der Waals surface area (Å²) in [4.78, 5) is 14.1. The minimum absolute atomic E-state index is 0.0688. The molecule has 3 rings (SSSR count). The van der Waals surface area contributed by atoms with E-state index >= 15 is 0 Å². The number of benzene rings is 2. The van der Waals surface area contributed by atoms with Crippen LogP contribution in [0.25, 0.3) is 0 Å². The lowest BCUT2D eigenvalue weighted by atomic mass is 9.98. The number of carbonyl (C=O) groups excluding carboxylic acids is 1. The highest BCUT2D eigenvalue weighted by Gasteiger charge is 2.20. The molecular formula is C19H22N2O3. The van der Waals surface area contributed by atoms with Crippen molar-refractivity contribution in [1.82, 2.24) is 5.32 Å². The molecule has 1 aliphatic rings. The standard InChI is InChI=1S/C19H22N2O3/c1-20-19(22)14-5-4-6-16(9-14)21-8-7-13-10-17(23-2)18(24-3)11-15(13)12-21/h4-6,9-11H,7-8,12H2,1-3H3,(H,20,22). The van der Waals surface area contributed by atoms with Gasteiger partial charge in [0.2, 0.25) is 0 Å². The number of nitrogens with one attached hydrogen (secondary N) is 1. The molecule has 0 fully saturated rings. The average molecular weight is 326 g/mol. The van der Waals surface area contributed by atoms with Gasteiger partial charge in [-0.3, -0.25) is 4.79 Å². The molecule has 0 spiro atoms. The fourth-order valence-corrected chi connectivity index (χ4v) is 3.09. The van der Waals surface area contributed by atoms with E-state index < -0.39 is 0 Å². The van der Waals surface area contributed by atoms with Crippen LogP contribution in [0.3, 0.4) is 0 Å². The van der Waals surface area contributed by atoms with Gasteiger partial charge in [0.05, 0.1) is 14.2 Å². The van der Waals surface area contributed by atoms with Crippen molar-refractivity contribution in [3.05, 3.63) is 53.1 Å². The van der Waals surface area contributed by atoms with Crippen molar-refractivity contribution in [2.75, 3.05) is 32.7 Å². The third-order valence-electron chi connectivity index (χ3n) is 4.42. The van der Waals surface area contributed by atoms with E-state index in [1.165, 1.54) is 11.1 Å². The maximum Gasteiger partial charge on any atom is 0.251 e. The number of rotatable bonds is 4. The first-order valence-electron chi connectivity index (χ1n) is 7.97. The summed E-state index contributed by atoms with van der Waals surface area (Å²) >= 11 is 0. The highest BCUT2D eigenvalue weighted by Crippen LogP contribution is 2.34. The molecule has 126 valence electrons. The zero-order valence-corrected chi connectivity index (χ0v) is 14.3. The van der Waals surface area contributed by atoms with Crippen LogP contribution in [0.5, 0.6) is 11.5 Å². The van der Waals surface area contributed by atoms with Gasteiger partial charge in [-0.2, -0.15) is 0 Å². The van der Waals surface area contributed by atoms with E-state index in [9.17, 15) is 4.79 Å². The van der Waals surface area contributed by atoms with Gasteiger partial charge in [0.15, 0.2) is 11.5 Å². The molecule has 0 unspecified atom stereocenters. The molecule has 1 heterocycles. The Bertz CT molecular complexity index is 758. The van der Waals surface area contributed by atoms with E-state index in [4.69, 9.17) is 9.47 Å². The summed E-state index contributed by atoms with van der Waals surface area (Å²) in [7, 11) is 4.95. The summed E-state index contributed by atoms with van der Waals surface area (Å²) in [5.41, 5.74) is 4.24. The Hall–Kier alpha value is -2.69. The molecule has 0 saturated heterocycles. The van der Waals surface area contributed by atoms with Crippen molar-refractivity contribution in [2.24, 2.45) is 0 Å². The number of carbonyl (C=O) groups is 1. The normalized spacial score (nSPS) is 13.2. The van der Waals surface area contributed by atoms with Crippen LogP contribution in [0, 0.1) is 0 Å². The van der Waals surface area contributed by atoms with Crippen LogP contribution in [-0.2, 0) is 13.0 Å². The van der Waals surface area contributed by atoms with Crippen molar-refractivity contribution in [1.29, 1.82) is 0 Å². The van der Waals surface area contributed by atoms with Crippen molar-refractivity contribution in [3.63, 3.8) is 0 Å². The fourth-order valence-electron chi connectivity index (χ4n) is 3.09. The van der Waals surface area contributed by atoms with Crippen molar-refractivity contribution >= 4 is 11.6 Å². The molecule has 0 aromatic heterocycles. The zero-order valence-electron chi connectivity index (χ0n) is 14.3. The summed E-state index contributed by atoms with van der Waals surface area (Å²) in [6.07, 6.45) is 0.930. The number of anilines is 1. The van der Waals surface area contributed by atoms with Crippen LogP contribution < -0.4 is 19.7 Å². The maximum absolute atomic E-state index is 11.8. The number of methoxy groups -OCH3 is 2. The lowest BCUT2D eigenvalue weighted by Gasteiger charge is -2.31.